The van der Waals surface area contributed by atoms with Gasteiger partial charge in [-0.15, -0.1) is 0 Å². The minimum absolute atomic E-state index is 0.127. The molecule has 0 aromatic heterocycles. The summed E-state index contributed by atoms with van der Waals surface area (Å²) in [7, 11) is 1.38. The monoisotopic (exact) mass is 227 g/mol. The Kier molecular flexibility index (Phi) is 2.84. The first-order valence-electron chi connectivity index (χ1n) is 5.36. The van der Waals surface area contributed by atoms with E-state index in [9.17, 15) is 8.78 Å². The van der Waals surface area contributed by atoms with Crippen molar-refractivity contribution in [1.29, 1.82) is 0 Å². The molecule has 1 fully saturated rings. The van der Waals surface area contributed by atoms with Crippen molar-refractivity contribution in [2.45, 2.75) is 24.7 Å². The van der Waals surface area contributed by atoms with E-state index in [4.69, 9.17) is 10.5 Å². The zero-order valence-corrected chi connectivity index (χ0v) is 9.22. The quantitative estimate of drug-likeness (QED) is 0.860. The maximum atomic E-state index is 13.8. The van der Waals surface area contributed by atoms with E-state index in [1.165, 1.54) is 19.2 Å². The molecule has 16 heavy (non-hydrogen) atoms. The van der Waals surface area contributed by atoms with Gasteiger partial charge in [0.25, 0.3) is 0 Å². The van der Waals surface area contributed by atoms with Gasteiger partial charge < -0.3 is 10.5 Å². The highest BCUT2D eigenvalue weighted by molar-refractivity contribution is 5.37. The molecule has 0 bridgehead atoms. The molecule has 0 heterocycles. The fourth-order valence-corrected chi connectivity index (χ4v) is 2.33. The van der Waals surface area contributed by atoms with E-state index in [2.05, 4.69) is 0 Å². The average molecular weight is 227 g/mol. The topological polar surface area (TPSA) is 35.2 Å². The lowest BCUT2D eigenvalue weighted by Gasteiger charge is -2.41. The molecule has 0 atom stereocenters. The molecule has 88 valence electrons. The predicted octanol–water partition coefficient (Wildman–Crippen LogP) is 2.35. The number of ether oxygens (including phenoxy) is 1. The number of halogens is 2. The van der Waals surface area contributed by atoms with Crippen molar-refractivity contribution in [2.75, 3.05) is 13.7 Å². The fourth-order valence-electron chi connectivity index (χ4n) is 2.33. The van der Waals surface area contributed by atoms with Crippen molar-refractivity contribution in [1.82, 2.24) is 0 Å². The summed E-state index contributed by atoms with van der Waals surface area (Å²) in [6.45, 7) is 0.285. The second kappa shape index (κ2) is 4.01. The average Bonchev–Trinajstić information content (AvgIpc) is 2.20. The van der Waals surface area contributed by atoms with Gasteiger partial charge in [-0.3, -0.25) is 0 Å². The Morgan fingerprint density at radius 2 is 1.88 bits per heavy atom. The molecule has 0 radical (unpaired) electrons. The van der Waals surface area contributed by atoms with Crippen LogP contribution in [-0.4, -0.2) is 13.7 Å². The largest absolute Gasteiger partial charge is 0.497 e. The Hall–Kier alpha value is -1.16. The second-order valence-electron chi connectivity index (χ2n) is 4.30. The van der Waals surface area contributed by atoms with Crippen LogP contribution in [0.3, 0.4) is 0 Å². The van der Waals surface area contributed by atoms with Crippen molar-refractivity contribution < 1.29 is 13.5 Å². The van der Waals surface area contributed by atoms with Crippen molar-refractivity contribution in [3.05, 3.63) is 29.3 Å². The minimum Gasteiger partial charge on any atom is -0.497 e. The van der Waals surface area contributed by atoms with Gasteiger partial charge in [-0.25, -0.2) is 8.78 Å². The molecule has 2 rings (SSSR count). The Bertz CT molecular complexity index is 373. The Morgan fingerprint density at radius 1 is 1.31 bits per heavy atom. The zero-order chi connectivity index (χ0) is 11.8. The summed E-state index contributed by atoms with van der Waals surface area (Å²) in [6.07, 6.45) is 2.48. The van der Waals surface area contributed by atoms with Crippen molar-refractivity contribution in [3.8, 4) is 5.75 Å². The van der Waals surface area contributed by atoms with Gasteiger partial charge in [-0.2, -0.15) is 0 Å². The van der Waals surface area contributed by atoms with Crippen LogP contribution >= 0.6 is 0 Å². The third-order valence-electron chi connectivity index (χ3n) is 3.48. The maximum absolute atomic E-state index is 13.8. The second-order valence-corrected chi connectivity index (χ2v) is 4.30. The van der Waals surface area contributed by atoms with E-state index in [1.807, 2.05) is 0 Å². The van der Waals surface area contributed by atoms with Crippen molar-refractivity contribution >= 4 is 0 Å². The van der Waals surface area contributed by atoms with Gasteiger partial charge in [0, 0.05) is 29.7 Å². The first kappa shape index (κ1) is 11.3. The zero-order valence-electron chi connectivity index (χ0n) is 9.22. The molecule has 2 N–H and O–H groups in total. The highest BCUT2D eigenvalue weighted by atomic mass is 19.1. The third-order valence-corrected chi connectivity index (χ3v) is 3.48. The SMILES string of the molecule is COc1cc(F)c(C2(CN)CCC2)c(F)c1. The lowest BCUT2D eigenvalue weighted by atomic mass is 9.64. The number of rotatable bonds is 3. The molecular weight excluding hydrogens is 212 g/mol. The predicted molar refractivity (Wildman–Crippen MR) is 57.5 cm³/mol. The van der Waals surface area contributed by atoms with Crippen LogP contribution in [0, 0.1) is 11.6 Å². The van der Waals surface area contributed by atoms with E-state index < -0.39 is 17.0 Å². The lowest BCUT2D eigenvalue weighted by molar-refractivity contribution is 0.235. The van der Waals surface area contributed by atoms with Gasteiger partial charge >= 0.3 is 0 Å². The van der Waals surface area contributed by atoms with Crippen molar-refractivity contribution in [2.24, 2.45) is 5.73 Å². The third kappa shape index (κ3) is 1.57. The van der Waals surface area contributed by atoms with Crippen LogP contribution in [0.2, 0.25) is 0 Å². The van der Waals surface area contributed by atoms with Gasteiger partial charge in [-0.1, -0.05) is 6.42 Å². The summed E-state index contributed by atoms with van der Waals surface area (Å²) in [5, 5.41) is 0. The molecule has 0 aliphatic heterocycles. The molecule has 4 heteroatoms. The normalized spacial score (nSPS) is 18.0. The van der Waals surface area contributed by atoms with Crippen LogP contribution in [0.4, 0.5) is 8.78 Å². The summed E-state index contributed by atoms with van der Waals surface area (Å²) < 4.78 is 32.5. The van der Waals surface area contributed by atoms with Gasteiger partial charge in [0.2, 0.25) is 0 Å². The Labute approximate surface area is 93.4 Å². The van der Waals surface area contributed by atoms with E-state index in [0.717, 1.165) is 19.3 Å². The highest BCUT2D eigenvalue weighted by Crippen LogP contribution is 2.45. The summed E-state index contributed by atoms with van der Waals surface area (Å²) >= 11 is 0. The van der Waals surface area contributed by atoms with Gasteiger partial charge in [0.1, 0.15) is 17.4 Å². The van der Waals surface area contributed by atoms with E-state index in [-0.39, 0.29) is 17.9 Å². The lowest BCUT2D eigenvalue weighted by Crippen LogP contribution is -2.43. The van der Waals surface area contributed by atoms with Crippen LogP contribution in [-0.2, 0) is 5.41 Å². The van der Waals surface area contributed by atoms with Crippen molar-refractivity contribution in [3.63, 3.8) is 0 Å². The van der Waals surface area contributed by atoms with Crippen LogP contribution in [0.15, 0.2) is 12.1 Å². The summed E-state index contributed by atoms with van der Waals surface area (Å²) in [4.78, 5) is 0. The van der Waals surface area contributed by atoms with Gasteiger partial charge in [0.15, 0.2) is 0 Å². The summed E-state index contributed by atoms with van der Waals surface area (Å²) in [5.41, 5.74) is 5.27. The van der Waals surface area contributed by atoms with E-state index >= 15 is 0 Å². The number of methoxy groups -OCH3 is 1. The summed E-state index contributed by atoms with van der Waals surface area (Å²) in [6, 6.07) is 2.43. The molecule has 1 aromatic carbocycles. The minimum atomic E-state index is -0.554. The highest BCUT2D eigenvalue weighted by Gasteiger charge is 2.41. The first-order valence-corrected chi connectivity index (χ1v) is 5.36. The molecule has 1 aromatic rings. The molecule has 2 nitrogen and oxygen atoms in total. The number of hydrogen-bond acceptors (Lipinski definition) is 2. The molecule has 1 aliphatic carbocycles. The van der Waals surface area contributed by atoms with Crippen LogP contribution in [0.5, 0.6) is 5.75 Å². The smallest absolute Gasteiger partial charge is 0.133 e. The molecule has 1 aliphatic rings. The fraction of sp³-hybridized carbons (Fsp3) is 0.500. The molecule has 0 amide bonds. The summed E-state index contributed by atoms with van der Waals surface area (Å²) in [5.74, 6) is -0.908. The van der Waals surface area contributed by atoms with Crippen LogP contribution < -0.4 is 10.5 Å². The van der Waals surface area contributed by atoms with Gasteiger partial charge in [0.05, 0.1) is 7.11 Å². The molecule has 0 saturated heterocycles. The molecular formula is C12H15F2NO. The molecule has 0 spiro atoms. The van der Waals surface area contributed by atoms with E-state index in [1.54, 1.807) is 0 Å². The molecule has 1 saturated carbocycles. The maximum Gasteiger partial charge on any atom is 0.133 e. The van der Waals surface area contributed by atoms with Crippen LogP contribution in [0.25, 0.3) is 0 Å². The standard InChI is InChI=1S/C12H15F2NO/c1-16-8-5-9(13)11(10(14)6-8)12(7-15)3-2-4-12/h5-6H,2-4,7,15H2,1H3. The molecule has 0 unspecified atom stereocenters. The van der Waals surface area contributed by atoms with E-state index in [0.29, 0.717) is 0 Å². The van der Waals surface area contributed by atoms with Crippen LogP contribution in [0.1, 0.15) is 24.8 Å². The van der Waals surface area contributed by atoms with Gasteiger partial charge in [-0.05, 0) is 12.8 Å². The Morgan fingerprint density at radius 3 is 2.19 bits per heavy atom. The number of benzene rings is 1. The number of hydrogen-bond donors (Lipinski definition) is 1. The first-order chi connectivity index (χ1) is 7.63. The number of nitrogens with two attached hydrogens (primary N) is 1. The Balaban J connectivity index is 2.48.